The van der Waals surface area contributed by atoms with E-state index in [2.05, 4.69) is 0 Å². The van der Waals surface area contributed by atoms with Crippen LogP contribution in [0, 0.1) is 16.7 Å². The van der Waals surface area contributed by atoms with Crippen molar-refractivity contribution in [1.29, 1.82) is 0 Å². The van der Waals surface area contributed by atoms with Gasteiger partial charge in [-0.05, 0) is 70.3 Å². The maximum absolute atomic E-state index is 12.6. The number of unbranched alkanes of at least 4 members (excludes halogenated alkanes) is 2. The second-order valence-electron chi connectivity index (χ2n) is 11.3. The average Bonchev–Trinajstić information content (AvgIpc) is 2.98. The number of ether oxygens (including phenoxy) is 4. The molecule has 0 fully saturated rings. The predicted octanol–water partition coefficient (Wildman–Crippen LogP) is 5.55. The van der Waals surface area contributed by atoms with Gasteiger partial charge in [0.15, 0.2) is 0 Å². The van der Waals surface area contributed by atoms with Gasteiger partial charge in [-0.25, -0.2) is 0 Å². The van der Waals surface area contributed by atoms with Crippen LogP contribution in [0.5, 0.6) is 0 Å². The minimum Gasteiger partial charge on any atom is -0.465 e. The summed E-state index contributed by atoms with van der Waals surface area (Å²) in [6, 6.07) is 9.40. The van der Waals surface area contributed by atoms with Crippen molar-refractivity contribution in [2.45, 2.75) is 99.0 Å². The highest BCUT2D eigenvalue weighted by Crippen LogP contribution is 2.26. The molecule has 3 unspecified atom stereocenters. The van der Waals surface area contributed by atoms with Crippen molar-refractivity contribution in [1.82, 2.24) is 0 Å². The van der Waals surface area contributed by atoms with Crippen LogP contribution < -0.4 is 0 Å². The van der Waals surface area contributed by atoms with Crippen LogP contribution in [0.3, 0.4) is 0 Å². The number of rotatable bonds is 21. The fraction of sp³-hybridized carbons (Fsp3) is 0.688. The number of aliphatic hydroxyl groups excluding tert-OH is 1. The molecule has 9 heteroatoms. The summed E-state index contributed by atoms with van der Waals surface area (Å²) in [5.41, 5.74) is -0.956. The van der Waals surface area contributed by atoms with Crippen LogP contribution in [-0.2, 0) is 44.7 Å². The smallest absolute Gasteiger partial charge is 0.315 e. The molecule has 0 radical (unpaired) electrons. The number of esters is 4. The fourth-order valence-electron chi connectivity index (χ4n) is 3.75. The Hall–Kier alpha value is -2.94. The molecule has 1 rings (SSSR count). The molecule has 1 aromatic rings. The molecule has 0 aliphatic heterocycles. The third-order valence-electron chi connectivity index (χ3n) is 7.58. The van der Waals surface area contributed by atoms with Crippen LogP contribution in [0.15, 0.2) is 30.3 Å². The van der Waals surface area contributed by atoms with Gasteiger partial charge >= 0.3 is 23.9 Å². The molecule has 0 aliphatic rings. The van der Waals surface area contributed by atoms with Gasteiger partial charge in [-0.1, -0.05) is 51.1 Å². The molecule has 0 amide bonds. The molecule has 0 saturated heterocycles. The molecule has 0 bridgehead atoms. The monoisotopic (exact) mass is 578 g/mol. The number of benzene rings is 1. The van der Waals surface area contributed by atoms with Gasteiger partial charge in [0.05, 0.1) is 17.4 Å². The average molecular weight is 579 g/mol. The van der Waals surface area contributed by atoms with Crippen LogP contribution in [0.2, 0.25) is 0 Å². The fourth-order valence-corrected chi connectivity index (χ4v) is 3.75. The van der Waals surface area contributed by atoms with Crippen molar-refractivity contribution in [3.63, 3.8) is 0 Å². The van der Waals surface area contributed by atoms with E-state index in [1.807, 2.05) is 51.1 Å². The van der Waals surface area contributed by atoms with Crippen LogP contribution in [0.4, 0.5) is 0 Å². The summed E-state index contributed by atoms with van der Waals surface area (Å²) in [6.07, 6.45) is 4.45. The molecule has 9 nitrogen and oxygen atoms in total. The zero-order valence-electron chi connectivity index (χ0n) is 25.6. The van der Waals surface area contributed by atoms with E-state index < -0.39 is 22.8 Å². The highest BCUT2D eigenvalue weighted by molar-refractivity contribution is 5.78. The molecular formula is C32H50O9. The Labute approximate surface area is 245 Å². The summed E-state index contributed by atoms with van der Waals surface area (Å²) < 4.78 is 21.6. The normalized spacial score (nSPS) is 14.7. The zero-order valence-corrected chi connectivity index (χ0v) is 25.6. The van der Waals surface area contributed by atoms with Gasteiger partial charge in [0.1, 0.15) is 19.8 Å². The van der Waals surface area contributed by atoms with Crippen LogP contribution in [0.1, 0.15) is 98.0 Å². The molecule has 232 valence electrons. The Morgan fingerprint density at radius 3 is 1.88 bits per heavy atom. The van der Waals surface area contributed by atoms with Crippen molar-refractivity contribution >= 4 is 23.9 Å². The first-order valence-electron chi connectivity index (χ1n) is 14.8. The molecule has 3 atom stereocenters. The van der Waals surface area contributed by atoms with Crippen LogP contribution >= 0.6 is 0 Å². The van der Waals surface area contributed by atoms with E-state index in [1.54, 1.807) is 13.8 Å². The standard InChI is InChI=1S/C32H50O9/c1-6-31(4,23-41-28(35)18-17-25(3)19-20-33)29(36)38-21-13-9-12-16-27(34)40-24-32(5,7-2)30(37)39-22-26-14-10-8-11-15-26/h8,10-11,14-15,25,33H,6-7,9,12-13,16-24H2,1-5H3. The molecule has 1 aromatic carbocycles. The van der Waals surface area contributed by atoms with Gasteiger partial charge in [0.25, 0.3) is 0 Å². The topological polar surface area (TPSA) is 125 Å². The van der Waals surface area contributed by atoms with Gasteiger partial charge < -0.3 is 24.1 Å². The molecule has 0 heterocycles. The first-order chi connectivity index (χ1) is 19.5. The number of hydrogen-bond donors (Lipinski definition) is 1. The number of aliphatic hydroxyl groups is 1. The number of carbonyl (C=O) groups excluding carboxylic acids is 4. The van der Waals surface area contributed by atoms with E-state index >= 15 is 0 Å². The maximum Gasteiger partial charge on any atom is 0.315 e. The Morgan fingerprint density at radius 2 is 1.32 bits per heavy atom. The highest BCUT2D eigenvalue weighted by Gasteiger charge is 2.36. The molecular weight excluding hydrogens is 528 g/mol. The summed E-state index contributed by atoms with van der Waals surface area (Å²) >= 11 is 0. The van der Waals surface area contributed by atoms with Crippen molar-refractivity contribution in [3.05, 3.63) is 35.9 Å². The van der Waals surface area contributed by atoms with E-state index in [0.29, 0.717) is 44.9 Å². The van der Waals surface area contributed by atoms with Crippen molar-refractivity contribution in [2.24, 2.45) is 16.7 Å². The lowest BCUT2D eigenvalue weighted by molar-refractivity contribution is -0.165. The highest BCUT2D eigenvalue weighted by atomic mass is 16.6. The number of carbonyl (C=O) groups is 4. The van der Waals surface area contributed by atoms with Gasteiger partial charge in [-0.15, -0.1) is 0 Å². The SMILES string of the molecule is CCC(C)(COC(=O)CCC(C)CCO)C(=O)OCCCCCC(=O)OCC(C)(CC)C(=O)OCc1ccccc1. The van der Waals surface area contributed by atoms with Crippen LogP contribution in [0.25, 0.3) is 0 Å². The van der Waals surface area contributed by atoms with E-state index in [1.165, 1.54) is 0 Å². The third kappa shape index (κ3) is 14.0. The van der Waals surface area contributed by atoms with E-state index in [0.717, 1.165) is 5.56 Å². The van der Waals surface area contributed by atoms with Crippen molar-refractivity contribution in [3.8, 4) is 0 Å². The zero-order chi connectivity index (χ0) is 30.7. The Kier molecular flexibility index (Phi) is 16.9. The molecule has 41 heavy (non-hydrogen) atoms. The number of hydrogen-bond acceptors (Lipinski definition) is 9. The van der Waals surface area contributed by atoms with Gasteiger partial charge in [-0.2, -0.15) is 0 Å². The second kappa shape index (κ2) is 19.2. The summed E-state index contributed by atoms with van der Waals surface area (Å²) in [6.45, 7) is 9.49. The molecule has 0 aliphatic carbocycles. The van der Waals surface area contributed by atoms with E-state index in [4.69, 9.17) is 24.1 Å². The lowest BCUT2D eigenvalue weighted by atomic mass is 9.89. The minimum atomic E-state index is -0.926. The molecule has 1 N–H and O–H groups in total. The van der Waals surface area contributed by atoms with Gasteiger partial charge in [-0.3, -0.25) is 19.2 Å². The molecule has 0 saturated carbocycles. The third-order valence-corrected chi connectivity index (χ3v) is 7.58. The quantitative estimate of drug-likeness (QED) is 0.113. The Balaban J connectivity index is 2.28. The summed E-state index contributed by atoms with van der Waals surface area (Å²) in [7, 11) is 0. The summed E-state index contributed by atoms with van der Waals surface area (Å²) in [5, 5.41) is 8.96. The predicted molar refractivity (Wildman–Crippen MR) is 154 cm³/mol. The van der Waals surface area contributed by atoms with Crippen molar-refractivity contribution < 1.29 is 43.2 Å². The lowest BCUT2D eigenvalue weighted by Crippen LogP contribution is -2.35. The largest absolute Gasteiger partial charge is 0.465 e. The summed E-state index contributed by atoms with van der Waals surface area (Å²) in [5.74, 6) is -1.35. The van der Waals surface area contributed by atoms with Gasteiger partial charge in [0, 0.05) is 19.4 Å². The first-order valence-corrected chi connectivity index (χ1v) is 14.8. The molecule has 0 spiro atoms. The van der Waals surface area contributed by atoms with E-state index in [-0.39, 0.29) is 63.7 Å². The van der Waals surface area contributed by atoms with Crippen molar-refractivity contribution in [2.75, 3.05) is 26.4 Å². The van der Waals surface area contributed by atoms with E-state index in [9.17, 15) is 19.2 Å². The minimum absolute atomic E-state index is 0.0438. The lowest BCUT2D eigenvalue weighted by Gasteiger charge is -2.25. The summed E-state index contributed by atoms with van der Waals surface area (Å²) in [4.78, 5) is 49.6. The van der Waals surface area contributed by atoms with Crippen LogP contribution in [-0.4, -0.2) is 55.4 Å². The van der Waals surface area contributed by atoms with Gasteiger partial charge in [0.2, 0.25) is 0 Å². The first kappa shape index (κ1) is 36.1. The Bertz CT molecular complexity index is 932. The molecule has 0 aromatic heterocycles. The Morgan fingerprint density at radius 1 is 0.756 bits per heavy atom. The maximum atomic E-state index is 12.6. The second-order valence-corrected chi connectivity index (χ2v) is 11.3.